The van der Waals surface area contributed by atoms with Gasteiger partial charge >= 0.3 is 0 Å². The van der Waals surface area contributed by atoms with Crippen LogP contribution in [0.25, 0.3) is 0 Å². The summed E-state index contributed by atoms with van der Waals surface area (Å²) in [6.07, 6.45) is 12.6. The number of hydrogen-bond acceptors (Lipinski definition) is 2. The highest BCUT2D eigenvalue weighted by molar-refractivity contribution is 5.81. The molecule has 98 valence electrons. The molecule has 0 aromatic carbocycles. The van der Waals surface area contributed by atoms with E-state index < -0.39 is 0 Å². The zero-order chi connectivity index (χ0) is 12.1. The van der Waals surface area contributed by atoms with Crippen LogP contribution in [0.5, 0.6) is 0 Å². The monoisotopic (exact) mass is 237 g/mol. The fourth-order valence-electron chi connectivity index (χ4n) is 3.44. The fourth-order valence-corrected chi connectivity index (χ4v) is 3.44. The lowest BCUT2D eigenvalue weighted by Crippen LogP contribution is -2.38. The normalized spacial score (nSPS) is 28.4. The number of Topliss-reactive ketones (excluding diaryl/α,β-unsaturated/α-hetero) is 1. The highest BCUT2D eigenvalue weighted by Gasteiger charge is 2.26. The molecule has 0 spiro atoms. The molecular weight excluding hydrogens is 210 g/mol. The second-order valence-electron chi connectivity index (χ2n) is 5.99. The summed E-state index contributed by atoms with van der Waals surface area (Å²) in [6.45, 7) is 1.02. The quantitative estimate of drug-likeness (QED) is 0.701. The zero-order valence-electron chi connectivity index (χ0n) is 11.3. The molecule has 2 rings (SSSR count). The first-order chi connectivity index (χ1) is 8.27. The molecule has 2 saturated carbocycles. The van der Waals surface area contributed by atoms with Crippen molar-refractivity contribution in [2.45, 2.75) is 70.3 Å². The molecule has 17 heavy (non-hydrogen) atoms. The highest BCUT2D eigenvalue weighted by Crippen LogP contribution is 2.25. The summed E-state index contributed by atoms with van der Waals surface area (Å²) in [5, 5.41) is 0. The summed E-state index contributed by atoms with van der Waals surface area (Å²) in [5.74, 6) is 0.869. The van der Waals surface area contributed by atoms with Gasteiger partial charge in [0, 0.05) is 24.9 Å². The Hall–Kier alpha value is -0.370. The molecule has 2 aliphatic carbocycles. The number of hydrogen-bond donors (Lipinski definition) is 0. The van der Waals surface area contributed by atoms with E-state index in [0.717, 1.165) is 31.8 Å². The van der Waals surface area contributed by atoms with Crippen LogP contribution in [0.3, 0.4) is 0 Å². The van der Waals surface area contributed by atoms with E-state index >= 15 is 0 Å². The van der Waals surface area contributed by atoms with E-state index in [0.29, 0.717) is 11.7 Å². The van der Waals surface area contributed by atoms with Crippen LogP contribution in [0.15, 0.2) is 0 Å². The summed E-state index contributed by atoms with van der Waals surface area (Å²) in [7, 11) is 2.23. The Labute approximate surface area is 106 Å². The third kappa shape index (κ3) is 3.80. The van der Waals surface area contributed by atoms with Gasteiger partial charge in [0.2, 0.25) is 0 Å². The van der Waals surface area contributed by atoms with E-state index in [2.05, 4.69) is 11.9 Å². The molecule has 0 amide bonds. The number of rotatable bonds is 3. The van der Waals surface area contributed by atoms with Crippen molar-refractivity contribution in [3.63, 3.8) is 0 Å². The molecule has 0 bridgehead atoms. The van der Waals surface area contributed by atoms with Gasteiger partial charge in [-0.25, -0.2) is 0 Å². The van der Waals surface area contributed by atoms with Crippen molar-refractivity contribution in [2.24, 2.45) is 5.92 Å². The summed E-state index contributed by atoms with van der Waals surface area (Å²) >= 11 is 0. The van der Waals surface area contributed by atoms with Gasteiger partial charge < -0.3 is 4.90 Å². The molecule has 0 aromatic rings. The molecular formula is C15H27NO. The van der Waals surface area contributed by atoms with E-state index in [-0.39, 0.29) is 0 Å². The van der Waals surface area contributed by atoms with E-state index in [1.807, 2.05) is 0 Å². The van der Waals surface area contributed by atoms with Crippen molar-refractivity contribution in [1.29, 1.82) is 0 Å². The van der Waals surface area contributed by atoms with Crippen LogP contribution in [0, 0.1) is 5.92 Å². The van der Waals surface area contributed by atoms with Crippen LogP contribution in [0.1, 0.15) is 64.2 Å². The summed E-state index contributed by atoms with van der Waals surface area (Å²) < 4.78 is 0. The van der Waals surface area contributed by atoms with Crippen LogP contribution in [0.2, 0.25) is 0 Å². The van der Waals surface area contributed by atoms with Gasteiger partial charge in [-0.15, -0.1) is 0 Å². The minimum atomic E-state index is 0.344. The smallest absolute Gasteiger partial charge is 0.137 e. The van der Waals surface area contributed by atoms with Gasteiger partial charge in [0.1, 0.15) is 5.78 Å². The molecule has 2 aliphatic rings. The lowest BCUT2D eigenvalue weighted by Gasteiger charge is -2.31. The maximum Gasteiger partial charge on any atom is 0.137 e. The average molecular weight is 237 g/mol. The van der Waals surface area contributed by atoms with Crippen molar-refractivity contribution in [2.75, 3.05) is 13.6 Å². The molecule has 0 aromatic heterocycles. The Bertz CT molecular complexity index is 243. The maximum atomic E-state index is 11.9. The number of carbonyl (C=O) groups excluding carboxylic acids is 1. The van der Waals surface area contributed by atoms with Gasteiger partial charge in [0.15, 0.2) is 0 Å². The molecule has 2 heteroatoms. The highest BCUT2D eigenvalue weighted by atomic mass is 16.1. The SMILES string of the molecule is CN(CC1CCCCC1=O)C1CCCCCC1. The van der Waals surface area contributed by atoms with E-state index in [9.17, 15) is 4.79 Å². The second kappa shape index (κ2) is 6.53. The van der Waals surface area contributed by atoms with Gasteiger partial charge in [0.05, 0.1) is 0 Å². The van der Waals surface area contributed by atoms with Crippen molar-refractivity contribution >= 4 is 5.78 Å². The largest absolute Gasteiger partial charge is 0.303 e. The molecule has 2 nitrogen and oxygen atoms in total. The second-order valence-corrected chi connectivity index (χ2v) is 5.99. The standard InChI is InChI=1S/C15H27NO/c1-16(14-9-4-2-3-5-10-14)12-13-8-6-7-11-15(13)17/h13-14H,2-12H2,1H3. The molecule has 0 saturated heterocycles. The van der Waals surface area contributed by atoms with Crippen LogP contribution >= 0.6 is 0 Å². The molecule has 0 heterocycles. The Morgan fingerprint density at radius 3 is 2.29 bits per heavy atom. The molecule has 1 unspecified atom stereocenters. The van der Waals surface area contributed by atoms with Crippen molar-refractivity contribution in [3.8, 4) is 0 Å². The zero-order valence-corrected chi connectivity index (χ0v) is 11.3. The molecule has 1 atom stereocenters. The number of nitrogens with zero attached hydrogens (tertiary/aromatic N) is 1. The molecule has 2 fully saturated rings. The van der Waals surface area contributed by atoms with Gasteiger partial charge in [0.25, 0.3) is 0 Å². The maximum absolute atomic E-state index is 11.9. The lowest BCUT2D eigenvalue weighted by atomic mass is 9.87. The predicted octanol–water partition coefficient (Wildman–Crippen LogP) is 3.40. The van der Waals surface area contributed by atoms with Gasteiger partial charge in [-0.3, -0.25) is 4.79 Å². The first-order valence-corrected chi connectivity index (χ1v) is 7.50. The van der Waals surface area contributed by atoms with Gasteiger partial charge in [-0.2, -0.15) is 0 Å². The number of ketones is 1. The van der Waals surface area contributed by atoms with Crippen molar-refractivity contribution in [1.82, 2.24) is 4.90 Å². The third-order valence-electron chi connectivity index (χ3n) is 4.64. The Morgan fingerprint density at radius 2 is 1.65 bits per heavy atom. The summed E-state index contributed by atoms with van der Waals surface area (Å²) in [5.41, 5.74) is 0. The topological polar surface area (TPSA) is 20.3 Å². The summed E-state index contributed by atoms with van der Waals surface area (Å²) in [6, 6.07) is 0.743. The third-order valence-corrected chi connectivity index (χ3v) is 4.64. The van der Waals surface area contributed by atoms with E-state index in [1.54, 1.807) is 0 Å². The number of carbonyl (C=O) groups is 1. The molecule has 0 N–H and O–H groups in total. The Kier molecular flexibility index (Phi) is 5.02. The molecule has 0 aliphatic heterocycles. The minimum absolute atomic E-state index is 0.344. The first-order valence-electron chi connectivity index (χ1n) is 7.50. The average Bonchev–Trinajstić information content (AvgIpc) is 2.61. The predicted molar refractivity (Wildman–Crippen MR) is 71.1 cm³/mol. The van der Waals surface area contributed by atoms with E-state index in [1.165, 1.54) is 44.9 Å². The Balaban J connectivity index is 1.81. The van der Waals surface area contributed by atoms with Crippen LogP contribution < -0.4 is 0 Å². The van der Waals surface area contributed by atoms with Crippen LogP contribution in [-0.4, -0.2) is 30.3 Å². The van der Waals surface area contributed by atoms with Crippen molar-refractivity contribution < 1.29 is 4.79 Å². The first kappa shape index (κ1) is 13.1. The fraction of sp³-hybridized carbons (Fsp3) is 0.933. The minimum Gasteiger partial charge on any atom is -0.303 e. The van der Waals surface area contributed by atoms with Gasteiger partial charge in [-0.1, -0.05) is 32.1 Å². The van der Waals surface area contributed by atoms with Gasteiger partial charge in [-0.05, 0) is 32.7 Å². The van der Waals surface area contributed by atoms with Crippen LogP contribution in [-0.2, 0) is 4.79 Å². The Morgan fingerprint density at radius 1 is 1.00 bits per heavy atom. The van der Waals surface area contributed by atoms with Crippen molar-refractivity contribution in [3.05, 3.63) is 0 Å². The summed E-state index contributed by atoms with van der Waals surface area (Å²) in [4.78, 5) is 14.3. The van der Waals surface area contributed by atoms with E-state index in [4.69, 9.17) is 0 Å². The molecule has 0 radical (unpaired) electrons. The van der Waals surface area contributed by atoms with Crippen LogP contribution in [0.4, 0.5) is 0 Å². The lowest BCUT2D eigenvalue weighted by molar-refractivity contribution is -0.125.